The lowest BCUT2D eigenvalue weighted by molar-refractivity contribution is -0.117. The topological polar surface area (TPSA) is 172 Å². The average Bonchev–Trinajstić information content (AvgIpc) is 3.62. The first-order valence-electron chi connectivity index (χ1n) is 13.5. The summed E-state index contributed by atoms with van der Waals surface area (Å²) in [5.41, 5.74) is 11.8. The van der Waals surface area contributed by atoms with E-state index in [2.05, 4.69) is 35.5 Å². The van der Waals surface area contributed by atoms with Crippen molar-refractivity contribution in [1.82, 2.24) is 30.1 Å². The van der Waals surface area contributed by atoms with Gasteiger partial charge in [0.1, 0.15) is 16.9 Å². The molecule has 13 heteroatoms. The van der Waals surface area contributed by atoms with Gasteiger partial charge < -0.3 is 16.0 Å². The van der Waals surface area contributed by atoms with Crippen molar-refractivity contribution in [2.45, 2.75) is 18.2 Å². The Bertz CT molecular complexity index is 2170. The van der Waals surface area contributed by atoms with Gasteiger partial charge in [-0.25, -0.2) is 12.8 Å². The summed E-state index contributed by atoms with van der Waals surface area (Å²) in [5, 5.41) is 10.6. The van der Waals surface area contributed by atoms with Crippen molar-refractivity contribution in [3.05, 3.63) is 78.8 Å². The maximum absolute atomic E-state index is 14.6. The summed E-state index contributed by atoms with van der Waals surface area (Å²) >= 11 is 0. The first-order valence-corrected chi connectivity index (χ1v) is 15.4. The molecule has 1 fully saturated rings. The lowest BCUT2D eigenvalue weighted by Crippen LogP contribution is -2.20. The molecular weight excluding hydrogens is 571 g/mol. The molecule has 1 aliphatic carbocycles. The molecule has 1 atom stereocenters. The van der Waals surface area contributed by atoms with Gasteiger partial charge in [-0.3, -0.25) is 24.8 Å². The Hall–Kier alpha value is -5.01. The molecule has 0 spiro atoms. The van der Waals surface area contributed by atoms with Crippen LogP contribution in [0.4, 0.5) is 10.1 Å². The molecule has 1 amide bonds. The Labute approximate surface area is 244 Å². The number of sulfone groups is 1. The van der Waals surface area contributed by atoms with Crippen molar-refractivity contribution in [2.24, 2.45) is 11.7 Å². The van der Waals surface area contributed by atoms with E-state index in [1.165, 1.54) is 6.07 Å². The number of nitrogens with one attached hydrogen (secondary N) is 3. The Balaban J connectivity index is 1.27. The molecule has 11 nitrogen and oxygen atoms in total. The number of anilines is 1. The van der Waals surface area contributed by atoms with Crippen molar-refractivity contribution in [3.63, 3.8) is 0 Å². The number of amides is 1. The first-order chi connectivity index (χ1) is 20.6. The first kappa shape index (κ1) is 26.9. The van der Waals surface area contributed by atoms with Crippen molar-refractivity contribution < 1.29 is 17.6 Å². The van der Waals surface area contributed by atoms with E-state index in [0.717, 1.165) is 41.5 Å². The van der Waals surface area contributed by atoms with Crippen LogP contribution in [0.3, 0.4) is 0 Å². The van der Waals surface area contributed by atoms with Crippen molar-refractivity contribution >= 4 is 43.2 Å². The summed E-state index contributed by atoms with van der Waals surface area (Å²) in [6.07, 6.45) is 11.1. The van der Waals surface area contributed by atoms with Crippen LogP contribution >= 0.6 is 0 Å². The van der Waals surface area contributed by atoms with Crippen molar-refractivity contribution in [1.29, 1.82) is 0 Å². The van der Waals surface area contributed by atoms with E-state index in [1.54, 1.807) is 37.1 Å². The number of pyridine rings is 3. The molecule has 5 aromatic heterocycles. The highest BCUT2D eigenvalue weighted by molar-refractivity contribution is 7.90. The van der Waals surface area contributed by atoms with Gasteiger partial charge >= 0.3 is 0 Å². The number of benzene rings is 1. The van der Waals surface area contributed by atoms with Gasteiger partial charge in [0.05, 0.1) is 46.7 Å². The summed E-state index contributed by atoms with van der Waals surface area (Å²) in [4.78, 5) is 28.7. The Morgan fingerprint density at radius 1 is 0.977 bits per heavy atom. The van der Waals surface area contributed by atoms with Gasteiger partial charge in [0, 0.05) is 46.5 Å². The number of nitrogens with two attached hydrogens (primary N) is 1. The van der Waals surface area contributed by atoms with Gasteiger partial charge in [0.15, 0.2) is 9.84 Å². The van der Waals surface area contributed by atoms with E-state index in [4.69, 9.17) is 5.73 Å². The molecule has 5 N–H and O–H groups in total. The molecule has 216 valence electrons. The fourth-order valence-electron chi connectivity index (χ4n) is 5.11. The molecule has 5 heterocycles. The number of hydrogen-bond acceptors (Lipinski definition) is 8. The number of carbonyl (C=O) groups excluding carboxylic acids is 1. The fraction of sp³-hybridized carbons (Fsp3) is 0.167. The van der Waals surface area contributed by atoms with E-state index in [0.29, 0.717) is 44.9 Å². The molecular formula is C30H25FN8O3S. The number of carbonyl (C=O) groups is 1. The minimum absolute atomic E-state index is 0.000131. The van der Waals surface area contributed by atoms with Crippen LogP contribution in [0.1, 0.15) is 23.8 Å². The highest BCUT2D eigenvalue weighted by Gasteiger charge is 2.29. The molecule has 0 aliphatic heterocycles. The lowest BCUT2D eigenvalue weighted by atomic mass is 10.0. The SMILES string of the molecule is CS(=O)(=O)C(N)c1cc(F)cc(-c2cncc3[nH]c(-c4n[nH]c5cnc(-c6cncc(NC(=O)C7CC7)c6)cc45)cc23)c1. The molecule has 43 heavy (non-hydrogen) atoms. The number of nitrogens with zero attached hydrogens (tertiary/aromatic N) is 4. The van der Waals surface area contributed by atoms with Crippen molar-refractivity contribution in [3.8, 4) is 33.8 Å². The van der Waals surface area contributed by atoms with Crippen LogP contribution in [0.15, 0.2) is 67.4 Å². The largest absolute Gasteiger partial charge is 0.352 e. The predicted molar refractivity (Wildman–Crippen MR) is 161 cm³/mol. The van der Waals surface area contributed by atoms with Gasteiger partial charge in [-0.15, -0.1) is 0 Å². The summed E-state index contributed by atoms with van der Waals surface area (Å²) in [5.74, 6) is -0.533. The van der Waals surface area contributed by atoms with Crippen molar-refractivity contribution in [2.75, 3.05) is 11.6 Å². The summed E-state index contributed by atoms with van der Waals surface area (Å²) in [7, 11) is -3.64. The van der Waals surface area contributed by atoms with Crippen LogP contribution < -0.4 is 11.1 Å². The Morgan fingerprint density at radius 3 is 2.58 bits per heavy atom. The highest BCUT2D eigenvalue weighted by atomic mass is 32.2. The summed E-state index contributed by atoms with van der Waals surface area (Å²) < 4.78 is 38.7. The smallest absolute Gasteiger partial charge is 0.227 e. The zero-order chi connectivity index (χ0) is 29.9. The third-order valence-electron chi connectivity index (χ3n) is 7.52. The van der Waals surface area contributed by atoms with Crippen LogP contribution in [-0.4, -0.2) is 50.7 Å². The van der Waals surface area contributed by atoms with E-state index < -0.39 is 21.0 Å². The zero-order valence-corrected chi connectivity index (χ0v) is 23.6. The molecule has 7 rings (SSSR count). The van der Waals surface area contributed by atoms with Gasteiger partial charge in [0.25, 0.3) is 0 Å². The maximum Gasteiger partial charge on any atom is 0.227 e. The zero-order valence-electron chi connectivity index (χ0n) is 22.8. The van der Waals surface area contributed by atoms with E-state index in [9.17, 15) is 17.6 Å². The molecule has 1 unspecified atom stereocenters. The number of fused-ring (bicyclic) bond motifs is 2. The normalized spacial score (nSPS) is 14.3. The second-order valence-electron chi connectivity index (χ2n) is 10.8. The molecule has 0 bridgehead atoms. The average molecular weight is 597 g/mol. The molecule has 6 aromatic rings. The van der Waals surface area contributed by atoms with Crippen LogP contribution in [0.2, 0.25) is 0 Å². The van der Waals surface area contributed by atoms with Gasteiger partial charge in [-0.2, -0.15) is 5.10 Å². The molecule has 0 radical (unpaired) electrons. The van der Waals surface area contributed by atoms with Crippen LogP contribution in [-0.2, 0) is 14.6 Å². The summed E-state index contributed by atoms with van der Waals surface area (Å²) in [6, 6.07) is 9.63. The second kappa shape index (κ2) is 10.1. The quantitative estimate of drug-likeness (QED) is 0.205. The lowest BCUT2D eigenvalue weighted by Gasteiger charge is -2.12. The maximum atomic E-state index is 14.6. The van der Waals surface area contributed by atoms with E-state index in [-0.39, 0.29) is 17.4 Å². The highest BCUT2D eigenvalue weighted by Crippen LogP contribution is 2.36. The third kappa shape index (κ3) is 5.13. The van der Waals surface area contributed by atoms with Gasteiger partial charge in [-0.05, 0) is 60.4 Å². The standard InChI is InChI=1S/C30H25FN8O3S/c1-43(41,42)29(32)17-4-16(5-19(31)6-17)23-12-34-13-26-21(23)8-25(37-26)28-22-9-24(35-14-27(22)38-39-28)18-7-20(11-33-10-18)36-30(40)15-2-3-15/h4-15,29,37H,2-3,32H2,1H3,(H,36,40)(H,38,39). The molecule has 0 saturated heterocycles. The molecule has 1 aliphatic rings. The Kier molecular flexibility index (Phi) is 6.29. The number of hydrogen-bond donors (Lipinski definition) is 4. The third-order valence-corrected chi connectivity index (χ3v) is 8.71. The van der Waals surface area contributed by atoms with Crippen LogP contribution in [0, 0.1) is 11.7 Å². The number of rotatable bonds is 7. The number of H-pyrrole nitrogens is 2. The molecule has 1 aromatic carbocycles. The van der Waals surface area contributed by atoms with E-state index in [1.807, 2.05) is 18.2 Å². The number of aromatic nitrogens is 6. The van der Waals surface area contributed by atoms with E-state index >= 15 is 0 Å². The second-order valence-corrected chi connectivity index (χ2v) is 12.9. The van der Waals surface area contributed by atoms with Gasteiger partial charge in [0.2, 0.25) is 5.91 Å². The van der Waals surface area contributed by atoms with Gasteiger partial charge in [-0.1, -0.05) is 0 Å². The monoisotopic (exact) mass is 596 g/mol. The predicted octanol–water partition coefficient (Wildman–Crippen LogP) is 4.72. The molecule has 1 saturated carbocycles. The summed E-state index contributed by atoms with van der Waals surface area (Å²) in [6.45, 7) is 0. The van der Waals surface area contributed by atoms with Crippen LogP contribution in [0.25, 0.3) is 55.6 Å². The number of aromatic amines is 2. The fourth-order valence-corrected chi connectivity index (χ4v) is 5.74. The number of halogens is 1. The Morgan fingerprint density at radius 2 is 1.79 bits per heavy atom. The minimum Gasteiger partial charge on any atom is -0.352 e. The minimum atomic E-state index is -3.64. The van der Waals surface area contributed by atoms with Crippen LogP contribution in [0.5, 0.6) is 0 Å².